The maximum absolute atomic E-state index is 14.9. The van der Waals surface area contributed by atoms with Crippen LogP contribution in [0.15, 0.2) is 34.3 Å². The minimum Gasteiger partial charge on any atom is -0.379 e. The maximum Gasteiger partial charge on any atom is 0.240 e. The van der Waals surface area contributed by atoms with E-state index in [1.165, 1.54) is 29.2 Å². The molecule has 0 bridgehead atoms. The minimum absolute atomic E-state index is 0.140. The SMILES string of the molecule is O=C(CN1CCOCC1)Nc1nc2cc(F)c(Sc3nnc4ccc(C5CC5)nn34)cc2s1. The molecule has 170 valence electrons. The number of hydrogen-bond acceptors (Lipinski definition) is 9. The van der Waals surface area contributed by atoms with Gasteiger partial charge in [-0.05, 0) is 42.8 Å². The van der Waals surface area contributed by atoms with Gasteiger partial charge in [-0.1, -0.05) is 11.3 Å². The molecule has 2 fully saturated rings. The van der Waals surface area contributed by atoms with Crippen molar-refractivity contribution in [3.05, 3.63) is 35.8 Å². The first-order valence-electron chi connectivity index (χ1n) is 10.7. The third-order valence-electron chi connectivity index (χ3n) is 5.61. The number of anilines is 1. The first-order valence-corrected chi connectivity index (χ1v) is 12.4. The molecule has 6 rings (SSSR count). The van der Waals surface area contributed by atoms with Crippen LogP contribution in [0, 0.1) is 5.82 Å². The van der Waals surface area contributed by atoms with Gasteiger partial charge in [0.25, 0.3) is 0 Å². The van der Waals surface area contributed by atoms with Gasteiger partial charge in [-0.2, -0.15) is 9.61 Å². The quantitative estimate of drug-likeness (QED) is 0.445. The summed E-state index contributed by atoms with van der Waals surface area (Å²) in [6.45, 7) is 3.01. The van der Waals surface area contributed by atoms with Gasteiger partial charge in [0.2, 0.25) is 11.1 Å². The number of fused-ring (bicyclic) bond motifs is 2. The van der Waals surface area contributed by atoms with E-state index >= 15 is 0 Å². The monoisotopic (exact) mass is 485 g/mol. The molecule has 1 aliphatic heterocycles. The van der Waals surface area contributed by atoms with E-state index in [1.807, 2.05) is 17.0 Å². The Morgan fingerprint density at radius 2 is 2.09 bits per heavy atom. The van der Waals surface area contributed by atoms with Crippen LogP contribution in [0.25, 0.3) is 15.9 Å². The van der Waals surface area contributed by atoms with Gasteiger partial charge in [0.05, 0.1) is 40.6 Å². The van der Waals surface area contributed by atoms with Crippen molar-refractivity contribution >= 4 is 50.0 Å². The molecule has 0 radical (unpaired) electrons. The lowest BCUT2D eigenvalue weighted by molar-refractivity contribution is -0.118. The molecule has 1 aliphatic carbocycles. The Hall–Kier alpha value is -2.67. The summed E-state index contributed by atoms with van der Waals surface area (Å²) < 4.78 is 22.6. The number of carbonyl (C=O) groups is 1. The molecular formula is C21H20FN7O2S2. The number of amides is 1. The first-order chi connectivity index (χ1) is 16.1. The van der Waals surface area contributed by atoms with Crippen LogP contribution >= 0.6 is 23.1 Å². The highest BCUT2D eigenvalue weighted by Crippen LogP contribution is 2.39. The largest absolute Gasteiger partial charge is 0.379 e. The standard InChI is InChI=1S/C21H20FN7O2S2/c22-13-9-15-17(32-20(23-15)24-19(30)11-28-5-7-31-8-6-28)10-16(13)33-21-26-25-18-4-3-14(12-1-2-12)27-29(18)21/h3-4,9-10,12H,1-2,5-8,11H2,(H,23,24,30). The molecule has 3 aromatic heterocycles. The van der Waals surface area contributed by atoms with Crippen molar-refractivity contribution in [1.29, 1.82) is 0 Å². The Kier molecular flexibility index (Phi) is 5.45. The van der Waals surface area contributed by atoms with Gasteiger partial charge >= 0.3 is 0 Å². The molecule has 4 heterocycles. The van der Waals surface area contributed by atoms with E-state index in [-0.39, 0.29) is 12.5 Å². The average Bonchev–Trinajstić information content (AvgIpc) is 3.48. The second-order valence-corrected chi connectivity index (χ2v) is 10.1. The number of ether oxygens (including phenoxy) is 1. The van der Waals surface area contributed by atoms with Crippen LogP contribution in [0.3, 0.4) is 0 Å². The van der Waals surface area contributed by atoms with Crippen molar-refractivity contribution in [3.63, 3.8) is 0 Å². The Labute approximate surface area is 196 Å². The highest BCUT2D eigenvalue weighted by Gasteiger charge is 2.26. The number of hydrogen-bond donors (Lipinski definition) is 1. The van der Waals surface area contributed by atoms with Crippen LogP contribution in [0.5, 0.6) is 0 Å². The van der Waals surface area contributed by atoms with E-state index in [4.69, 9.17) is 4.74 Å². The Morgan fingerprint density at radius 1 is 1.24 bits per heavy atom. The molecule has 0 spiro atoms. The van der Waals surface area contributed by atoms with Crippen LogP contribution in [-0.4, -0.2) is 68.5 Å². The normalized spacial score (nSPS) is 17.1. The van der Waals surface area contributed by atoms with Crippen LogP contribution < -0.4 is 5.32 Å². The van der Waals surface area contributed by atoms with Crippen molar-refractivity contribution in [1.82, 2.24) is 29.7 Å². The minimum atomic E-state index is -0.404. The summed E-state index contributed by atoms with van der Waals surface area (Å²) in [4.78, 5) is 19.2. The third kappa shape index (κ3) is 4.43. The van der Waals surface area contributed by atoms with Crippen molar-refractivity contribution in [2.75, 3.05) is 38.2 Å². The summed E-state index contributed by atoms with van der Waals surface area (Å²) in [5.74, 6) is -0.0469. The summed E-state index contributed by atoms with van der Waals surface area (Å²) in [5.41, 5.74) is 2.15. The summed E-state index contributed by atoms with van der Waals surface area (Å²) in [7, 11) is 0. The van der Waals surface area contributed by atoms with E-state index in [0.717, 1.165) is 36.3 Å². The fraction of sp³-hybridized carbons (Fsp3) is 0.381. The smallest absolute Gasteiger partial charge is 0.240 e. The van der Waals surface area contributed by atoms with Crippen molar-refractivity contribution < 1.29 is 13.9 Å². The molecule has 0 atom stereocenters. The van der Waals surface area contributed by atoms with E-state index in [2.05, 4.69) is 25.6 Å². The van der Waals surface area contributed by atoms with E-state index in [9.17, 15) is 9.18 Å². The predicted molar refractivity (Wildman–Crippen MR) is 122 cm³/mol. The van der Waals surface area contributed by atoms with Crippen molar-refractivity contribution in [2.45, 2.75) is 28.8 Å². The number of nitrogens with one attached hydrogen (secondary N) is 1. The first kappa shape index (κ1) is 20.9. The number of carbonyl (C=O) groups excluding carboxylic acids is 1. The molecule has 2 aliphatic rings. The summed E-state index contributed by atoms with van der Waals surface area (Å²) in [6, 6.07) is 7.00. The highest BCUT2D eigenvalue weighted by atomic mass is 32.2. The number of morpholine rings is 1. The van der Waals surface area contributed by atoms with E-state index in [1.54, 1.807) is 10.6 Å². The molecule has 1 amide bonds. The topological polar surface area (TPSA) is 97.5 Å². The van der Waals surface area contributed by atoms with Crippen LogP contribution in [-0.2, 0) is 9.53 Å². The van der Waals surface area contributed by atoms with E-state index in [0.29, 0.717) is 45.5 Å². The molecule has 9 nitrogen and oxygen atoms in total. The molecule has 1 aromatic carbocycles. The average molecular weight is 486 g/mol. The number of rotatable bonds is 6. The number of nitrogens with zero attached hydrogens (tertiary/aromatic N) is 6. The molecule has 0 unspecified atom stereocenters. The van der Waals surface area contributed by atoms with Gasteiger partial charge in [-0.3, -0.25) is 9.69 Å². The Bertz CT molecular complexity index is 1350. The molecule has 4 aromatic rings. The lowest BCUT2D eigenvalue weighted by Gasteiger charge is -2.25. The Balaban J connectivity index is 1.21. The van der Waals surface area contributed by atoms with Crippen LogP contribution in [0.1, 0.15) is 24.5 Å². The van der Waals surface area contributed by atoms with Crippen LogP contribution in [0.2, 0.25) is 0 Å². The number of thiazole rings is 1. The fourth-order valence-electron chi connectivity index (χ4n) is 3.72. The van der Waals surface area contributed by atoms with Gasteiger partial charge in [-0.15, -0.1) is 10.2 Å². The van der Waals surface area contributed by atoms with Crippen molar-refractivity contribution in [2.24, 2.45) is 0 Å². The van der Waals surface area contributed by atoms with Gasteiger partial charge in [0.1, 0.15) is 5.82 Å². The summed E-state index contributed by atoms with van der Waals surface area (Å²) in [6.07, 6.45) is 2.29. The summed E-state index contributed by atoms with van der Waals surface area (Å²) >= 11 is 2.49. The zero-order valence-electron chi connectivity index (χ0n) is 17.5. The van der Waals surface area contributed by atoms with Gasteiger partial charge in [0.15, 0.2) is 10.8 Å². The van der Waals surface area contributed by atoms with Crippen LogP contribution in [0.4, 0.5) is 9.52 Å². The lowest BCUT2D eigenvalue weighted by Crippen LogP contribution is -2.41. The van der Waals surface area contributed by atoms with E-state index < -0.39 is 5.82 Å². The molecule has 12 heteroatoms. The van der Waals surface area contributed by atoms with Gasteiger partial charge in [-0.25, -0.2) is 9.37 Å². The fourth-order valence-corrected chi connectivity index (χ4v) is 5.53. The third-order valence-corrected chi connectivity index (χ3v) is 7.51. The van der Waals surface area contributed by atoms with Gasteiger partial charge in [0, 0.05) is 25.1 Å². The molecule has 1 saturated heterocycles. The number of aromatic nitrogens is 5. The van der Waals surface area contributed by atoms with Gasteiger partial charge < -0.3 is 10.1 Å². The Morgan fingerprint density at radius 3 is 2.91 bits per heavy atom. The number of halogens is 1. The molecule has 33 heavy (non-hydrogen) atoms. The highest BCUT2D eigenvalue weighted by molar-refractivity contribution is 7.99. The second-order valence-electron chi connectivity index (χ2n) is 8.09. The zero-order chi connectivity index (χ0) is 22.4. The summed E-state index contributed by atoms with van der Waals surface area (Å²) in [5, 5.41) is 16.8. The second kappa shape index (κ2) is 8.60. The lowest BCUT2D eigenvalue weighted by atomic mass is 10.3. The molecule has 1 N–H and O–H groups in total. The van der Waals surface area contributed by atoms with Crippen molar-refractivity contribution in [3.8, 4) is 0 Å². The maximum atomic E-state index is 14.9. The molecule has 1 saturated carbocycles. The predicted octanol–water partition coefficient (Wildman–Crippen LogP) is 3.17. The zero-order valence-corrected chi connectivity index (χ0v) is 19.2. The number of benzene rings is 1. The molecular weight excluding hydrogens is 465 g/mol.